The molecule has 3 amide bonds. The van der Waals surface area contributed by atoms with Gasteiger partial charge in [-0.05, 0) is 19.1 Å². The topological polar surface area (TPSA) is 84.9 Å². The Bertz CT molecular complexity index is 561. The van der Waals surface area contributed by atoms with E-state index in [1.54, 1.807) is 6.92 Å². The first-order chi connectivity index (χ1) is 11.1. The lowest BCUT2D eigenvalue weighted by atomic mass is 10.2. The van der Waals surface area contributed by atoms with Gasteiger partial charge < -0.3 is 14.4 Å². The highest BCUT2D eigenvalue weighted by molar-refractivity contribution is 6.06. The van der Waals surface area contributed by atoms with Gasteiger partial charge in [0.1, 0.15) is 25.0 Å². The van der Waals surface area contributed by atoms with Gasteiger partial charge >= 0.3 is 0 Å². The molecule has 0 aromatic heterocycles. The molecule has 1 aliphatic rings. The summed E-state index contributed by atoms with van der Waals surface area (Å²) >= 11 is 0. The Labute approximate surface area is 134 Å². The van der Waals surface area contributed by atoms with Crippen molar-refractivity contribution in [2.24, 2.45) is 0 Å². The van der Waals surface area contributed by atoms with Crippen LogP contribution in [0.1, 0.15) is 13.3 Å². The summed E-state index contributed by atoms with van der Waals surface area (Å²) in [5.41, 5.74) is 0. The number of carbonyl (C=O) groups is 3. The van der Waals surface area contributed by atoms with Gasteiger partial charge in [-0.3, -0.25) is 19.7 Å². The van der Waals surface area contributed by atoms with Crippen molar-refractivity contribution in [3.8, 4) is 5.75 Å². The molecule has 1 saturated heterocycles. The largest absolute Gasteiger partial charge is 0.491 e. The molecule has 0 bridgehead atoms. The average Bonchev–Trinajstić information content (AvgIpc) is 2.87. The Balaban J connectivity index is 1.71. The van der Waals surface area contributed by atoms with E-state index >= 15 is 0 Å². The van der Waals surface area contributed by atoms with Crippen molar-refractivity contribution in [3.63, 3.8) is 0 Å². The maximum absolute atomic E-state index is 12.1. The van der Waals surface area contributed by atoms with E-state index in [0.717, 1.165) is 5.75 Å². The van der Waals surface area contributed by atoms with E-state index in [9.17, 15) is 14.4 Å². The number of amides is 3. The van der Waals surface area contributed by atoms with E-state index in [1.165, 1.54) is 4.90 Å². The fourth-order valence-electron chi connectivity index (χ4n) is 2.34. The second kappa shape index (κ2) is 8.28. The van der Waals surface area contributed by atoms with E-state index < -0.39 is 11.9 Å². The molecule has 0 saturated carbocycles. The number of benzene rings is 1. The lowest BCUT2D eigenvalue weighted by Crippen LogP contribution is -2.46. The number of nitrogens with zero attached hydrogens (tertiary/aromatic N) is 1. The van der Waals surface area contributed by atoms with Crippen LogP contribution in [0.5, 0.6) is 5.75 Å². The van der Waals surface area contributed by atoms with Crippen molar-refractivity contribution in [2.75, 3.05) is 26.4 Å². The Morgan fingerprint density at radius 2 is 2.00 bits per heavy atom. The van der Waals surface area contributed by atoms with Crippen LogP contribution in [0.15, 0.2) is 30.3 Å². The van der Waals surface area contributed by atoms with E-state index in [2.05, 4.69) is 5.32 Å². The first-order valence-corrected chi connectivity index (χ1v) is 7.50. The minimum atomic E-state index is -0.732. The van der Waals surface area contributed by atoms with Crippen molar-refractivity contribution < 1.29 is 23.9 Å². The third-order valence-corrected chi connectivity index (χ3v) is 3.45. The summed E-state index contributed by atoms with van der Waals surface area (Å²) in [6.07, 6.45) is 0.00946. The Morgan fingerprint density at radius 3 is 2.61 bits per heavy atom. The predicted octanol–water partition coefficient (Wildman–Crippen LogP) is 0.346. The van der Waals surface area contributed by atoms with Gasteiger partial charge in [0.15, 0.2) is 0 Å². The molecule has 2 rings (SSSR count). The van der Waals surface area contributed by atoms with E-state index in [-0.39, 0.29) is 31.4 Å². The lowest BCUT2D eigenvalue weighted by molar-refractivity contribution is -0.142. The lowest BCUT2D eigenvalue weighted by Gasteiger charge is -2.25. The minimum Gasteiger partial charge on any atom is -0.491 e. The molecule has 1 fully saturated rings. The van der Waals surface area contributed by atoms with Crippen LogP contribution in [0.3, 0.4) is 0 Å². The molecule has 1 aliphatic heterocycles. The van der Waals surface area contributed by atoms with Crippen LogP contribution < -0.4 is 10.1 Å². The molecule has 1 aromatic carbocycles. The number of imide groups is 1. The number of ether oxygens (including phenoxy) is 2. The number of rotatable bonds is 8. The molecule has 0 unspecified atom stereocenters. The van der Waals surface area contributed by atoms with Gasteiger partial charge in [0.2, 0.25) is 17.7 Å². The monoisotopic (exact) mass is 320 g/mol. The smallest absolute Gasteiger partial charge is 0.249 e. The fraction of sp³-hybridized carbons (Fsp3) is 0.438. The Kier molecular flexibility index (Phi) is 6.10. The van der Waals surface area contributed by atoms with Gasteiger partial charge in [0.05, 0.1) is 13.0 Å². The van der Waals surface area contributed by atoms with Crippen LogP contribution in [-0.4, -0.2) is 55.0 Å². The van der Waals surface area contributed by atoms with Crippen LogP contribution in [0.25, 0.3) is 0 Å². The summed E-state index contributed by atoms with van der Waals surface area (Å²) < 4.78 is 10.7. The zero-order chi connectivity index (χ0) is 16.7. The summed E-state index contributed by atoms with van der Waals surface area (Å²) in [6, 6.07) is 8.56. The normalized spacial score (nSPS) is 17.0. The molecule has 0 radical (unpaired) electrons. The van der Waals surface area contributed by atoms with Gasteiger partial charge in [0, 0.05) is 6.54 Å². The molecule has 7 nitrogen and oxygen atoms in total. The van der Waals surface area contributed by atoms with Crippen LogP contribution >= 0.6 is 0 Å². The second-order valence-electron chi connectivity index (χ2n) is 5.03. The Morgan fingerprint density at radius 1 is 1.26 bits per heavy atom. The maximum Gasteiger partial charge on any atom is 0.249 e. The highest BCUT2D eigenvalue weighted by Gasteiger charge is 2.36. The quantitative estimate of drug-likeness (QED) is 0.552. The number of likely N-dealkylation sites (N-methyl/N-ethyl adjacent to an activating group) is 1. The summed E-state index contributed by atoms with van der Waals surface area (Å²) in [6.45, 7) is 2.53. The van der Waals surface area contributed by atoms with Crippen molar-refractivity contribution in [2.45, 2.75) is 19.4 Å². The molecule has 1 aromatic rings. The van der Waals surface area contributed by atoms with E-state index in [0.29, 0.717) is 13.2 Å². The molecule has 0 spiro atoms. The average molecular weight is 320 g/mol. The zero-order valence-corrected chi connectivity index (χ0v) is 13.0. The first-order valence-electron chi connectivity index (χ1n) is 7.50. The minimum absolute atomic E-state index is 0.00946. The Hall–Kier alpha value is -2.41. The molecule has 1 heterocycles. The summed E-state index contributed by atoms with van der Waals surface area (Å²) in [7, 11) is 0. The van der Waals surface area contributed by atoms with E-state index in [4.69, 9.17) is 9.47 Å². The number of nitrogens with one attached hydrogen (secondary N) is 1. The fourth-order valence-corrected chi connectivity index (χ4v) is 2.34. The van der Waals surface area contributed by atoms with Crippen LogP contribution in [-0.2, 0) is 19.1 Å². The summed E-state index contributed by atoms with van der Waals surface area (Å²) in [5, 5.41) is 2.20. The first kappa shape index (κ1) is 17.0. The van der Waals surface area contributed by atoms with Crippen molar-refractivity contribution in [1.29, 1.82) is 0 Å². The summed E-state index contributed by atoms with van der Waals surface area (Å²) in [5.74, 6) is -0.373. The highest BCUT2D eigenvalue weighted by Crippen LogP contribution is 2.11. The molecular weight excluding hydrogens is 300 g/mol. The molecule has 0 aliphatic carbocycles. The number of hydrogen-bond acceptors (Lipinski definition) is 5. The van der Waals surface area contributed by atoms with Gasteiger partial charge in [-0.1, -0.05) is 18.2 Å². The van der Waals surface area contributed by atoms with Crippen molar-refractivity contribution in [1.82, 2.24) is 10.2 Å². The van der Waals surface area contributed by atoms with Crippen LogP contribution in [0.4, 0.5) is 0 Å². The molecule has 1 N–H and O–H groups in total. The molecule has 23 heavy (non-hydrogen) atoms. The number of hydrogen-bond donors (Lipinski definition) is 1. The van der Waals surface area contributed by atoms with Gasteiger partial charge in [-0.2, -0.15) is 0 Å². The summed E-state index contributed by atoms with van der Waals surface area (Å²) in [4.78, 5) is 36.3. The van der Waals surface area contributed by atoms with Crippen molar-refractivity contribution >= 4 is 17.7 Å². The molecular formula is C16H20N2O5. The molecule has 124 valence electrons. The molecule has 1 atom stereocenters. The third-order valence-electron chi connectivity index (χ3n) is 3.45. The zero-order valence-electron chi connectivity index (χ0n) is 13.0. The van der Waals surface area contributed by atoms with Gasteiger partial charge in [0.25, 0.3) is 0 Å². The predicted molar refractivity (Wildman–Crippen MR) is 81.7 cm³/mol. The second-order valence-corrected chi connectivity index (χ2v) is 5.03. The number of carbonyl (C=O) groups excluding carboxylic acids is 3. The van der Waals surface area contributed by atoms with Crippen LogP contribution in [0.2, 0.25) is 0 Å². The SMILES string of the molecule is CCN(C(=O)COCCOc1ccccc1)[C@@H]1CC(=O)NC1=O. The maximum atomic E-state index is 12.1. The highest BCUT2D eigenvalue weighted by atomic mass is 16.5. The van der Waals surface area contributed by atoms with Crippen molar-refractivity contribution in [3.05, 3.63) is 30.3 Å². The van der Waals surface area contributed by atoms with Crippen LogP contribution in [0, 0.1) is 0 Å². The van der Waals surface area contributed by atoms with Gasteiger partial charge in [-0.15, -0.1) is 0 Å². The standard InChI is InChI=1S/C16H20N2O5/c1-2-18(13-10-14(19)17-16(13)21)15(20)11-22-8-9-23-12-6-4-3-5-7-12/h3-7,13H,2,8-11H2,1H3,(H,17,19,21)/t13-/m1/s1. The third kappa shape index (κ3) is 4.79. The molecule has 7 heteroatoms. The number of para-hydroxylation sites is 1. The van der Waals surface area contributed by atoms with E-state index in [1.807, 2.05) is 30.3 Å². The van der Waals surface area contributed by atoms with Gasteiger partial charge in [-0.25, -0.2) is 0 Å².